The van der Waals surface area contributed by atoms with Crippen molar-refractivity contribution in [1.29, 1.82) is 5.26 Å². The number of hydrazone groups is 1. The van der Waals surface area contributed by atoms with Gasteiger partial charge in [0.05, 0.1) is 45.0 Å². The summed E-state index contributed by atoms with van der Waals surface area (Å²) in [5.74, 6) is -1.70. The maximum atomic E-state index is 17.5. The molecule has 0 bridgehead atoms. The number of rotatable bonds is 9. The first-order chi connectivity index (χ1) is 27.2. The van der Waals surface area contributed by atoms with E-state index < -0.39 is 42.1 Å². The van der Waals surface area contributed by atoms with Crippen LogP contribution in [0.1, 0.15) is 36.4 Å². The topological polar surface area (TPSA) is 155 Å². The normalized spacial score (nSPS) is 20.2. The summed E-state index contributed by atoms with van der Waals surface area (Å²) in [6.07, 6.45) is -1.24. The molecule has 0 amide bonds. The van der Waals surface area contributed by atoms with Crippen LogP contribution >= 0.6 is 22.9 Å². The zero-order valence-corrected chi connectivity index (χ0v) is 31.7. The largest absolute Gasteiger partial charge is 0.489 e. The molecule has 8 rings (SSSR count). The smallest absolute Gasteiger partial charge is 0.407 e. The molecule has 2 saturated heterocycles. The van der Waals surface area contributed by atoms with Crippen molar-refractivity contribution >= 4 is 66.8 Å². The van der Waals surface area contributed by atoms with E-state index in [1.54, 1.807) is 17.0 Å². The Labute approximate surface area is 330 Å². The molecule has 12 nitrogen and oxygen atoms in total. The number of thiophene rings is 1. The average molecular weight is 831 g/mol. The minimum atomic E-state index is -4.56. The summed E-state index contributed by atoms with van der Waals surface area (Å²) in [7, 11) is 1.15. The van der Waals surface area contributed by atoms with E-state index in [9.17, 15) is 22.8 Å². The van der Waals surface area contributed by atoms with Crippen LogP contribution in [0.4, 0.5) is 43.0 Å². The average Bonchev–Trinajstić information content (AvgIpc) is 3.76. The van der Waals surface area contributed by atoms with Crippen LogP contribution in [0.2, 0.25) is 5.02 Å². The van der Waals surface area contributed by atoms with Crippen LogP contribution in [-0.4, -0.2) is 95.4 Å². The van der Waals surface area contributed by atoms with E-state index in [2.05, 4.69) is 15.1 Å². The predicted molar refractivity (Wildman–Crippen MR) is 204 cm³/mol. The molecule has 298 valence electrons. The molecule has 4 N–H and O–H groups in total. The minimum absolute atomic E-state index is 0.00494. The molecule has 6 heterocycles. The van der Waals surface area contributed by atoms with Gasteiger partial charge in [-0.15, -0.1) is 11.3 Å². The predicted octanol–water partition coefficient (Wildman–Crippen LogP) is 7.25. The Balaban J connectivity index is 1.36. The van der Waals surface area contributed by atoms with E-state index >= 15 is 8.78 Å². The number of fused-ring (bicyclic) bond motifs is 2. The number of benzene rings is 2. The maximum Gasteiger partial charge on any atom is 0.407 e. The van der Waals surface area contributed by atoms with Crippen LogP contribution in [0, 0.1) is 23.0 Å². The zero-order chi connectivity index (χ0) is 40.4. The number of hydrogen-bond donors (Lipinski definition) is 2. The molecule has 3 aliphatic heterocycles. The van der Waals surface area contributed by atoms with Gasteiger partial charge in [-0.25, -0.2) is 18.2 Å². The van der Waals surface area contributed by atoms with Gasteiger partial charge in [0.15, 0.2) is 11.6 Å². The molecule has 0 unspecified atom stereocenters. The van der Waals surface area contributed by atoms with Crippen molar-refractivity contribution in [3.05, 3.63) is 58.2 Å². The highest BCUT2D eigenvalue weighted by Crippen LogP contribution is 2.51. The van der Waals surface area contributed by atoms with Crippen molar-refractivity contribution in [3.63, 3.8) is 0 Å². The highest BCUT2D eigenvalue weighted by atomic mass is 35.5. The van der Waals surface area contributed by atoms with Gasteiger partial charge in [-0.3, -0.25) is 9.91 Å². The number of halogens is 7. The van der Waals surface area contributed by atoms with E-state index in [-0.39, 0.29) is 104 Å². The molecule has 0 spiro atoms. The highest BCUT2D eigenvalue weighted by Gasteiger charge is 2.49. The maximum absolute atomic E-state index is 17.5. The summed E-state index contributed by atoms with van der Waals surface area (Å²) in [6.45, 7) is -0.605. The monoisotopic (exact) mass is 830 g/mol. The number of anilines is 3. The fourth-order valence-electron chi connectivity index (χ4n) is 8.14. The Kier molecular flexibility index (Phi) is 9.85. The molecular formula is C37H33ClF6N10O2S. The minimum Gasteiger partial charge on any atom is -0.489 e. The van der Waals surface area contributed by atoms with Gasteiger partial charge in [-0.05, 0) is 37.1 Å². The van der Waals surface area contributed by atoms with E-state index in [0.717, 1.165) is 30.9 Å². The van der Waals surface area contributed by atoms with Gasteiger partial charge in [0.25, 0.3) is 0 Å². The summed E-state index contributed by atoms with van der Waals surface area (Å²) < 4.78 is 99.9. The second-order valence-corrected chi connectivity index (χ2v) is 15.6. The quantitative estimate of drug-likeness (QED) is 0.0877. The zero-order valence-electron chi connectivity index (χ0n) is 30.1. The van der Waals surface area contributed by atoms with Crippen LogP contribution < -0.4 is 25.8 Å². The number of ether oxygens (including phenoxy) is 2. The first-order valence-electron chi connectivity index (χ1n) is 17.8. The third-order valence-corrected chi connectivity index (χ3v) is 12.0. The third kappa shape index (κ3) is 6.82. The van der Waals surface area contributed by atoms with E-state index in [0.29, 0.717) is 23.5 Å². The molecule has 5 aromatic rings. The van der Waals surface area contributed by atoms with Crippen LogP contribution in [0.15, 0.2) is 35.6 Å². The molecule has 2 aromatic carbocycles. The lowest BCUT2D eigenvalue weighted by Crippen LogP contribution is -2.43. The van der Waals surface area contributed by atoms with Gasteiger partial charge in [0.2, 0.25) is 0 Å². The van der Waals surface area contributed by atoms with E-state index in [4.69, 9.17) is 37.5 Å². The molecule has 20 heteroatoms. The van der Waals surface area contributed by atoms with Crippen molar-refractivity contribution in [2.24, 2.45) is 5.10 Å². The Morgan fingerprint density at radius 3 is 2.79 bits per heavy atom. The second kappa shape index (κ2) is 14.6. The fraction of sp³-hybridized carbons (Fsp3) is 0.378. The van der Waals surface area contributed by atoms with Crippen molar-refractivity contribution in [3.8, 4) is 29.0 Å². The van der Waals surface area contributed by atoms with Gasteiger partial charge < -0.3 is 25.8 Å². The Morgan fingerprint density at radius 2 is 2.04 bits per heavy atom. The lowest BCUT2D eigenvalue weighted by molar-refractivity contribution is -0.142. The Morgan fingerprint density at radius 1 is 1.23 bits per heavy atom. The Bertz CT molecular complexity index is 2480. The number of alkyl halides is 4. The van der Waals surface area contributed by atoms with Crippen LogP contribution in [-0.2, 0) is 0 Å². The molecule has 3 aromatic heterocycles. The van der Waals surface area contributed by atoms with Gasteiger partial charge in [0, 0.05) is 42.7 Å². The van der Waals surface area contributed by atoms with Gasteiger partial charge in [-0.2, -0.15) is 33.5 Å². The first kappa shape index (κ1) is 38.5. The summed E-state index contributed by atoms with van der Waals surface area (Å²) >= 11 is 7.89. The lowest BCUT2D eigenvalue weighted by atomic mass is 9.95. The number of hydrogen-bond acceptors (Lipinski definition) is 13. The molecule has 57 heavy (non-hydrogen) atoms. The molecule has 0 radical (unpaired) electrons. The highest BCUT2D eigenvalue weighted by molar-refractivity contribution is 7.23. The van der Waals surface area contributed by atoms with E-state index in [1.807, 2.05) is 11.0 Å². The van der Waals surface area contributed by atoms with Crippen LogP contribution in [0.3, 0.4) is 0 Å². The number of pyridine rings is 1. The van der Waals surface area contributed by atoms with Crippen molar-refractivity contribution in [1.82, 2.24) is 24.9 Å². The molecular weight excluding hydrogens is 798 g/mol. The summed E-state index contributed by atoms with van der Waals surface area (Å²) in [6, 6.07) is 6.22. The van der Waals surface area contributed by atoms with Gasteiger partial charge in [-0.1, -0.05) is 23.7 Å². The molecule has 0 saturated carbocycles. The Hall–Kier alpha value is -5.32. The molecule has 0 aliphatic carbocycles. The molecule has 3 aliphatic rings. The SMILES string of the molecule is CN(CC(F)(F)F)/N=C/[C@H](c1cccnc1N)N1CCOc2c(Cl)c(-c3ccc(F)c4sc(N)c(C#N)c34)c(F)c3nc(OC[C@@]45CCCN4C[C@H](F)C5)nc1c23. The summed E-state index contributed by atoms with van der Waals surface area (Å²) in [4.78, 5) is 17.1. The number of nitrogen functional groups attached to an aromatic ring is 2. The molecule has 3 atom stereocenters. The van der Waals surface area contributed by atoms with Gasteiger partial charge in [0.1, 0.15) is 60.0 Å². The fourth-order valence-corrected chi connectivity index (χ4v) is 9.43. The number of nitriles is 1. The van der Waals surface area contributed by atoms with Crippen LogP contribution in [0.5, 0.6) is 11.8 Å². The summed E-state index contributed by atoms with van der Waals surface area (Å²) in [5.41, 5.74) is 11.5. The van der Waals surface area contributed by atoms with Crippen molar-refractivity contribution < 1.29 is 35.8 Å². The lowest BCUT2D eigenvalue weighted by Gasteiger charge is -2.32. The van der Waals surface area contributed by atoms with E-state index in [1.165, 1.54) is 18.5 Å². The molecule has 2 fully saturated rings. The van der Waals surface area contributed by atoms with Crippen molar-refractivity contribution in [2.45, 2.75) is 43.2 Å². The second-order valence-electron chi connectivity index (χ2n) is 14.2. The van der Waals surface area contributed by atoms with Gasteiger partial charge >= 0.3 is 12.2 Å². The first-order valence-corrected chi connectivity index (χ1v) is 19.0. The number of nitrogens with zero attached hydrogens (tertiary/aromatic N) is 8. The van der Waals surface area contributed by atoms with Crippen molar-refractivity contribution in [2.75, 3.05) is 62.8 Å². The van der Waals surface area contributed by atoms with Crippen LogP contribution in [0.25, 0.3) is 32.1 Å². The number of nitrogens with two attached hydrogens (primary N) is 2. The standard InChI is InChI=1S/C37H33ClF6N10O2S/c1-52(16-37(42,43)44)49-14-23(19-4-2-8-48-32(19)46)54-10-11-55-30-26-29(50-35(51-34(26)54)56-17-36-7-3-9-53(36)15-18(39)12-36)28(41)25(27(30)38)20-5-6-22(40)31-24(20)21(13-45)33(47)57-31/h2,4-6,8,14,18,23H,3,7,9-12,15-17,47H2,1H3,(H2,46,48)/b49-14+/t18-,23-,36+/m1/s1. The number of aromatic nitrogens is 3. The summed E-state index contributed by atoms with van der Waals surface area (Å²) in [5, 5.41) is 14.6. The third-order valence-electron chi connectivity index (χ3n) is 10.6.